The maximum Gasteiger partial charge on any atom is 0.318 e. The van der Waals surface area contributed by atoms with Gasteiger partial charge in [-0.25, -0.2) is 9.78 Å². The Balaban J connectivity index is 1.11. The Labute approximate surface area is 188 Å². The Morgan fingerprint density at radius 1 is 1.00 bits per heavy atom. The van der Waals surface area contributed by atoms with Gasteiger partial charge in [-0.3, -0.25) is 9.47 Å². The molecule has 0 saturated carbocycles. The van der Waals surface area contributed by atoms with Crippen molar-refractivity contribution in [1.82, 2.24) is 30.0 Å². The molecule has 3 fully saturated rings. The van der Waals surface area contributed by atoms with E-state index in [0.717, 1.165) is 68.7 Å². The number of fused-ring (bicyclic) bond motifs is 2. The van der Waals surface area contributed by atoms with Crippen LogP contribution in [-0.4, -0.2) is 69.7 Å². The first-order chi connectivity index (χ1) is 15.8. The average molecular weight is 431 g/mol. The first-order valence-corrected chi connectivity index (χ1v) is 11.8. The largest absolute Gasteiger partial charge is 0.332 e. The first kappa shape index (κ1) is 19.8. The number of nitrogens with one attached hydrogen (secondary N) is 2. The van der Waals surface area contributed by atoms with Gasteiger partial charge in [-0.2, -0.15) is 0 Å². The highest BCUT2D eigenvalue weighted by atomic mass is 16.2. The van der Waals surface area contributed by atoms with E-state index in [-0.39, 0.29) is 12.1 Å². The molecule has 32 heavy (non-hydrogen) atoms. The van der Waals surface area contributed by atoms with Crippen LogP contribution in [0.2, 0.25) is 0 Å². The fraction of sp³-hybridized carbons (Fsp3) is 0.440. The van der Waals surface area contributed by atoms with Gasteiger partial charge in [0, 0.05) is 31.4 Å². The van der Waals surface area contributed by atoms with Crippen molar-refractivity contribution in [1.29, 1.82) is 0 Å². The number of amides is 2. The Hall–Kier alpha value is -2.90. The molecule has 2 aromatic carbocycles. The molecule has 7 nitrogen and oxygen atoms in total. The van der Waals surface area contributed by atoms with Crippen molar-refractivity contribution in [2.45, 2.75) is 43.9 Å². The summed E-state index contributed by atoms with van der Waals surface area (Å²) in [4.78, 5) is 21.9. The van der Waals surface area contributed by atoms with Crippen LogP contribution in [0.25, 0.3) is 16.7 Å². The quantitative estimate of drug-likeness (QED) is 0.668. The van der Waals surface area contributed by atoms with Gasteiger partial charge in [-0.1, -0.05) is 24.3 Å². The minimum absolute atomic E-state index is 0.144. The van der Waals surface area contributed by atoms with Crippen LogP contribution in [-0.2, 0) is 6.54 Å². The molecule has 1 aromatic heterocycles. The topological polar surface area (TPSA) is 65.4 Å². The van der Waals surface area contributed by atoms with E-state index < -0.39 is 0 Å². The van der Waals surface area contributed by atoms with Crippen molar-refractivity contribution in [2.24, 2.45) is 0 Å². The van der Waals surface area contributed by atoms with Crippen LogP contribution in [0.4, 0.5) is 4.79 Å². The van der Waals surface area contributed by atoms with Crippen molar-refractivity contribution in [3.63, 3.8) is 0 Å². The summed E-state index contributed by atoms with van der Waals surface area (Å²) in [5.41, 5.74) is 4.56. The fourth-order valence-electron chi connectivity index (χ4n) is 5.72. The van der Waals surface area contributed by atoms with E-state index >= 15 is 0 Å². The van der Waals surface area contributed by atoms with E-state index in [0.29, 0.717) is 12.1 Å². The molecule has 3 aromatic rings. The zero-order valence-electron chi connectivity index (χ0n) is 18.3. The number of carbonyl (C=O) groups is 1. The number of piperidine rings is 2. The van der Waals surface area contributed by atoms with Crippen LogP contribution >= 0.6 is 0 Å². The lowest BCUT2D eigenvalue weighted by molar-refractivity contribution is 0.103. The predicted molar refractivity (Wildman–Crippen MR) is 125 cm³/mol. The van der Waals surface area contributed by atoms with Gasteiger partial charge in [0.15, 0.2) is 0 Å². The SMILES string of the molecule is O=C1NC2CN(Cc3ccc(-n4cnc5ccccc54)cc3)CCC2N1C1CCNCC1. The minimum atomic E-state index is 0.144. The second-order valence-corrected chi connectivity index (χ2v) is 9.31. The number of hydrogen-bond acceptors (Lipinski definition) is 4. The van der Waals surface area contributed by atoms with Crippen molar-refractivity contribution in [2.75, 3.05) is 26.2 Å². The number of hydrogen-bond donors (Lipinski definition) is 2. The summed E-state index contributed by atoms with van der Waals surface area (Å²) in [6.45, 7) is 4.90. The van der Waals surface area contributed by atoms with Crippen LogP contribution in [0.15, 0.2) is 54.9 Å². The monoisotopic (exact) mass is 430 g/mol. The molecule has 6 rings (SSSR count). The highest BCUT2D eigenvalue weighted by Crippen LogP contribution is 2.28. The van der Waals surface area contributed by atoms with E-state index in [4.69, 9.17) is 0 Å². The molecule has 0 aliphatic carbocycles. The summed E-state index contributed by atoms with van der Waals surface area (Å²) in [5, 5.41) is 6.69. The predicted octanol–water partition coefficient (Wildman–Crippen LogP) is 2.75. The van der Waals surface area contributed by atoms with Gasteiger partial charge in [0.1, 0.15) is 6.33 Å². The molecule has 0 bridgehead atoms. The normalized spacial score (nSPS) is 24.6. The summed E-state index contributed by atoms with van der Waals surface area (Å²) >= 11 is 0. The van der Waals surface area contributed by atoms with Crippen LogP contribution in [0.3, 0.4) is 0 Å². The number of urea groups is 1. The lowest BCUT2D eigenvalue weighted by atomic mass is 9.96. The molecule has 166 valence electrons. The molecular formula is C25H30N6O. The van der Waals surface area contributed by atoms with Crippen LogP contribution in [0.5, 0.6) is 0 Å². The number of carbonyl (C=O) groups excluding carboxylic acids is 1. The van der Waals surface area contributed by atoms with Crippen LogP contribution in [0.1, 0.15) is 24.8 Å². The second kappa shape index (κ2) is 8.22. The first-order valence-electron chi connectivity index (χ1n) is 11.8. The highest BCUT2D eigenvalue weighted by molar-refractivity contribution is 5.78. The van der Waals surface area contributed by atoms with Gasteiger partial charge in [-0.05, 0) is 62.2 Å². The molecule has 0 spiro atoms. The molecular weight excluding hydrogens is 400 g/mol. The van der Waals surface area contributed by atoms with Gasteiger partial charge < -0.3 is 15.5 Å². The summed E-state index contributed by atoms with van der Waals surface area (Å²) in [6.07, 6.45) is 5.08. The molecule has 2 amide bonds. The second-order valence-electron chi connectivity index (χ2n) is 9.31. The maximum absolute atomic E-state index is 12.7. The smallest absolute Gasteiger partial charge is 0.318 e. The van der Waals surface area contributed by atoms with E-state index in [1.807, 2.05) is 24.5 Å². The molecule has 2 unspecified atom stereocenters. The third-order valence-corrected chi connectivity index (χ3v) is 7.34. The van der Waals surface area contributed by atoms with E-state index in [1.54, 1.807) is 0 Å². The van der Waals surface area contributed by atoms with Crippen molar-refractivity contribution in [3.8, 4) is 5.69 Å². The summed E-state index contributed by atoms with van der Waals surface area (Å²) < 4.78 is 2.13. The third-order valence-electron chi connectivity index (χ3n) is 7.34. The number of benzene rings is 2. The summed E-state index contributed by atoms with van der Waals surface area (Å²) in [5.74, 6) is 0. The molecule has 2 N–H and O–H groups in total. The number of imidazole rings is 1. The van der Waals surface area contributed by atoms with E-state index in [9.17, 15) is 4.79 Å². The Bertz CT molecular complexity index is 1100. The summed E-state index contributed by atoms with van der Waals surface area (Å²) in [6, 6.07) is 18.1. The van der Waals surface area contributed by atoms with Gasteiger partial charge in [0.2, 0.25) is 0 Å². The van der Waals surface area contributed by atoms with Gasteiger partial charge >= 0.3 is 6.03 Å². The third kappa shape index (κ3) is 3.55. The van der Waals surface area contributed by atoms with Crippen molar-refractivity contribution < 1.29 is 4.79 Å². The van der Waals surface area contributed by atoms with Crippen LogP contribution in [0, 0.1) is 0 Å². The van der Waals surface area contributed by atoms with Gasteiger partial charge in [0.05, 0.1) is 23.1 Å². The maximum atomic E-state index is 12.7. The molecule has 3 aliphatic rings. The van der Waals surface area contributed by atoms with Gasteiger partial charge in [-0.15, -0.1) is 0 Å². The zero-order valence-corrected chi connectivity index (χ0v) is 18.3. The van der Waals surface area contributed by atoms with E-state index in [2.05, 4.69) is 60.3 Å². The van der Waals surface area contributed by atoms with Crippen LogP contribution < -0.4 is 10.6 Å². The molecule has 3 aliphatic heterocycles. The number of nitrogens with zero attached hydrogens (tertiary/aromatic N) is 4. The molecule has 2 atom stereocenters. The number of likely N-dealkylation sites (tertiary alicyclic amines) is 1. The molecule has 0 radical (unpaired) electrons. The Morgan fingerprint density at radius 2 is 1.81 bits per heavy atom. The van der Waals surface area contributed by atoms with E-state index in [1.165, 1.54) is 5.56 Å². The zero-order chi connectivity index (χ0) is 21.5. The standard InChI is InChI=1S/C25H30N6O/c32-25-28-22-16-29(14-11-24(22)31(25)20-9-12-26-13-10-20)15-18-5-7-19(8-6-18)30-17-27-21-3-1-2-4-23(21)30/h1-8,17,20,22,24,26H,9-16H2,(H,28,32). The van der Waals surface area contributed by atoms with Crippen molar-refractivity contribution in [3.05, 3.63) is 60.4 Å². The van der Waals surface area contributed by atoms with Gasteiger partial charge in [0.25, 0.3) is 0 Å². The average Bonchev–Trinajstić information content (AvgIpc) is 3.40. The summed E-state index contributed by atoms with van der Waals surface area (Å²) in [7, 11) is 0. The molecule has 3 saturated heterocycles. The highest BCUT2D eigenvalue weighted by Gasteiger charge is 2.45. The Kier molecular flexibility index (Phi) is 5.08. The number of rotatable bonds is 4. The molecule has 7 heteroatoms. The lowest BCUT2D eigenvalue weighted by Gasteiger charge is -2.40. The Morgan fingerprint density at radius 3 is 2.66 bits per heavy atom. The fourth-order valence-corrected chi connectivity index (χ4v) is 5.72. The lowest BCUT2D eigenvalue weighted by Crippen LogP contribution is -2.53. The van der Waals surface area contributed by atoms with Crippen molar-refractivity contribution >= 4 is 17.1 Å². The number of para-hydroxylation sites is 2. The number of aromatic nitrogens is 2. The minimum Gasteiger partial charge on any atom is -0.332 e. The molecule has 4 heterocycles.